The first-order valence-electron chi connectivity index (χ1n) is 11.8. The maximum Gasteiger partial charge on any atom is 0.301 e. The van der Waals surface area contributed by atoms with Gasteiger partial charge in [0, 0.05) is 5.56 Å². The van der Waals surface area contributed by atoms with Gasteiger partial charge in [0.15, 0.2) is 5.13 Å². The van der Waals surface area contributed by atoms with Gasteiger partial charge in [0.05, 0.1) is 28.4 Å². The summed E-state index contributed by atoms with van der Waals surface area (Å²) in [6, 6.07) is 17.7. The van der Waals surface area contributed by atoms with Crippen molar-refractivity contribution in [3.05, 3.63) is 94.1 Å². The minimum Gasteiger partial charge on any atom is -0.507 e. The average Bonchev–Trinajstić information content (AvgIpc) is 3.38. The molecule has 5 rings (SSSR count). The lowest BCUT2D eigenvalue weighted by atomic mass is 9.95. The van der Waals surface area contributed by atoms with Crippen molar-refractivity contribution < 1.29 is 19.4 Å². The second-order valence-corrected chi connectivity index (χ2v) is 9.97. The van der Waals surface area contributed by atoms with Gasteiger partial charge in [-0.25, -0.2) is 4.98 Å². The number of hydrogen-bond donors (Lipinski definition) is 1. The third-order valence-electron chi connectivity index (χ3n) is 6.30. The number of ether oxygens (including phenoxy) is 1. The zero-order valence-electron chi connectivity index (χ0n) is 20.5. The van der Waals surface area contributed by atoms with E-state index >= 15 is 0 Å². The van der Waals surface area contributed by atoms with Crippen molar-refractivity contribution in [1.82, 2.24) is 4.98 Å². The third kappa shape index (κ3) is 4.05. The Labute approximate surface area is 213 Å². The Hall–Kier alpha value is -3.97. The summed E-state index contributed by atoms with van der Waals surface area (Å²) < 4.78 is 6.44. The molecule has 7 heteroatoms. The molecule has 0 aliphatic carbocycles. The van der Waals surface area contributed by atoms with E-state index in [2.05, 4.69) is 0 Å². The fraction of sp³-hybridized carbons (Fsp3) is 0.207. The van der Waals surface area contributed by atoms with Gasteiger partial charge in [0.1, 0.15) is 11.5 Å². The van der Waals surface area contributed by atoms with E-state index in [1.54, 1.807) is 24.3 Å². The number of rotatable bonds is 5. The fourth-order valence-electron chi connectivity index (χ4n) is 4.59. The van der Waals surface area contributed by atoms with Crippen LogP contribution in [-0.4, -0.2) is 28.4 Å². The number of hydrogen-bond acceptors (Lipinski definition) is 6. The van der Waals surface area contributed by atoms with Gasteiger partial charge in [-0.2, -0.15) is 0 Å². The number of ketones is 1. The van der Waals surface area contributed by atoms with Crippen LogP contribution in [0, 0.1) is 20.8 Å². The number of amides is 1. The molecule has 1 aliphatic rings. The standard InChI is InChI=1S/C29H26N2O4S/c1-5-35-21-12-10-20(11-13-21)26(32)23-25(19-8-6-16(2)7-9-19)31(28(34)27(23)33)29-30-24-18(4)14-17(3)15-22(24)36-29/h6-15,25,32H,5H2,1-4H3/b26-23+/t25-/m1/s1. The third-order valence-corrected chi connectivity index (χ3v) is 7.30. The van der Waals surface area contributed by atoms with Crippen molar-refractivity contribution in [2.75, 3.05) is 11.5 Å². The number of carbonyl (C=O) groups is 2. The Morgan fingerprint density at radius 1 is 1.00 bits per heavy atom. The van der Waals surface area contributed by atoms with Gasteiger partial charge in [0.2, 0.25) is 0 Å². The lowest BCUT2D eigenvalue weighted by Crippen LogP contribution is -2.29. The zero-order chi connectivity index (χ0) is 25.6. The SMILES string of the molecule is CCOc1ccc(/C(O)=C2\C(=O)C(=O)N(c3nc4c(C)cc(C)cc4s3)[C@@H]2c2ccc(C)cc2)cc1. The summed E-state index contributed by atoms with van der Waals surface area (Å²) in [5.74, 6) is -1.01. The molecular weight excluding hydrogens is 472 g/mol. The van der Waals surface area contributed by atoms with Crippen molar-refractivity contribution in [3.8, 4) is 5.75 Å². The van der Waals surface area contributed by atoms with Gasteiger partial charge in [-0.3, -0.25) is 14.5 Å². The molecule has 0 unspecified atom stereocenters. The van der Waals surface area contributed by atoms with Crippen molar-refractivity contribution in [3.63, 3.8) is 0 Å². The molecule has 0 radical (unpaired) electrons. The first kappa shape index (κ1) is 23.8. The second kappa shape index (κ2) is 9.24. The Balaban J connectivity index is 1.69. The molecule has 0 saturated carbocycles. The highest BCUT2D eigenvalue weighted by molar-refractivity contribution is 7.22. The van der Waals surface area contributed by atoms with E-state index in [9.17, 15) is 14.7 Å². The van der Waals surface area contributed by atoms with Crippen LogP contribution in [0.15, 0.2) is 66.2 Å². The van der Waals surface area contributed by atoms with Crippen LogP contribution in [0.2, 0.25) is 0 Å². The molecule has 0 spiro atoms. The topological polar surface area (TPSA) is 79.7 Å². The highest BCUT2D eigenvalue weighted by Crippen LogP contribution is 2.44. The number of anilines is 1. The highest BCUT2D eigenvalue weighted by Gasteiger charge is 2.48. The minimum absolute atomic E-state index is 0.0418. The predicted octanol–water partition coefficient (Wildman–Crippen LogP) is 6.25. The summed E-state index contributed by atoms with van der Waals surface area (Å²) in [5.41, 5.74) is 5.15. The van der Waals surface area contributed by atoms with Crippen LogP contribution in [-0.2, 0) is 9.59 Å². The monoisotopic (exact) mass is 498 g/mol. The summed E-state index contributed by atoms with van der Waals surface area (Å²) in [4.78, 5) is 33.0. The lowest BCUT2D eigenvalue weighted by Gasteiger charge is -2.23. The molecule has 1 saturated heterocycles. The van der Waals surface area contributed by atoms with Crippen LogP contribution >= 0.6 is 11.3 Å². The fourth-order valence-corrected chi connectivity index (χ4v) is 5.76. The van der Waals surface area contributed by atoms with Crippen LogP contribution in [0.1, 0.15) is 40.8 Å². The number of benzene rings is 3. The number of thiazole rings is 1. The number of aliphatic hydroxyl groups is 1. The molecule has 1 atom stereocenters. The maximum atomic E-state index is 13.4. The van der Waals surface area contributed by atoms with Crippen molar-refractivity contribution in [2.45, 2.75) is 33.7 Å². The normalized spacial score (nSPS) is 17.2. The molecule has 1 N–H and O–H groups in total. The quantitative estimate of drug-likeness (QED) is 0.200. The Morgan fingerprint density at radius 3 is 2.36 bits per heavy atom. The van der Waals surface area contributed by atoms with Gasteiger partial charge < -0.3 is 9.84 Å². The molecule has 3 aromatic carbocycles. The van der Waals surface area contributed by atoms with Gasteiger partial charge in [-0.1, -0.05) is 47.2 Å². The van der Waals surface area contributed by atoms with Crippen molar-refractivity contribution in [2.24, 2.45) is 0 Å². The number of nitrogens with zero attached hydrogens (tertiary/aromatic N) is 2. The molecule has 2 heterocycles. The Kier molecular flexibility index (Phi) is 6.10. The van der Waals surface area contributed by atoms with Crippen LogP contribution < -0.4 is 9.64 Å². The van der Waals surface area contributed by atoms with Gasteiger partial charge in [-0.15, -0.1) is 0 Å². The van der Waals surface area contributed by atoms with E-state index in [0.717, 1.165) is 32.5 Å². The molecule has 1 fully saturated rings. The number of carbonyl (C=O) groups excluding carboxylic acids is 2. The number of aliphatic hydroxyl groups excluding tert-OH is 1. The van der Waals surface area contributed by atoms with Gasteiger partial charge >= 0.3 is 5.91 Å². The summed E-state index contributed by atoms with van der Waals surface area (Å²) >= 11 is 1.37. The number of Topliss-reactive ketones (excluding diaryl/α,β-unsaturated/α-hetero) is 1. The second-order valence-electron chi connectivity index (χ2n) is 8.96. The molecular formula is C29H26N2O4S. The van der Waals surface area contributed by atoms with Crippen LogP contribution in [0.5, 0.6) is 5.75 Å². The van der Waals surface area contributed by atoms with Gasteiger partial charge in [0.25, 0.3) is 5.78 Å². The molecule has 36 heavy (non-hydrogen) atoms. The van der Waals surface area contributed by atoms with E-state index < -0.39 is 17.7 Å². The van der Waals surface area contributed by atoms with E-state index in [4.69, 9.17) is 9.72 Å². The Bertz CT molecular complexity index is 1520. The summed E-state index contributed by atoms with van der Waals surface area (Å²) in [5, 5.41) is 11.8. The van der Waals surface area contributed by atoms with E-state index in [1.165, 1.54) is 16.2 Å². The van der Waals surface area contributed by atoms with E-state index in [1.807, 2.05) is 64.1 Å². The molecule has 182 valence electrons. The summed E-state index contributed by atoms with van der Waals surface area (Å²) in [7, 11) is 0. The van der Waals surface area contributed by atoms with Crippen molar-refractivity contribution >= 4 is 44.1 Å². The molecule has 1 aromatic heterocycles. The van der Waals surface area contributed by atoms with Crippen LogP contribution in [0.3, 0.4) is 0 Å². The molecule has 4 aromatic rings. The van der Waals surface area contributed by atoms with Gasteiger partial charge in [-0.05, 0) is 74.7 Å². The number of aryl methyl sites for hydroxylation is 3. The van der Waals surface area contributed by atoms with E-state index in [0.29, 0.717) is 23.1 Å². The largest absolute Gasteiger partial charge is 0.507 e. The van der Waals surface area contributed by atoms with E-state index in [-0.39, 0.29) is 11.3 Å². The number of aromatic nitrogens is 1. The first-order chi connectivity index (χ1) is 17.3. The minimum atomic E-state index is -0.806. The lowest BCUT2D eigenvalue weighted by molar-refractivity contribution is -0.132. The maximum absolute atomic E-state index is 13.4. The average molecular weight is 499 g/mol. The molecule has 1 amide bonds. The Morgan fingerprint density at radius 2 is 1.69 bits per heavy atom. The predicted molar refractivity (Wildman–Crippen MR) is 143 cm³/mol. The molecule has 1 aliphatic heterocycles. The van der Waals surface area contributed by atoms with Crippen LogP contribution in [0.25, 0.3) is 16.0 Å². The molecule has 6 nitrogen and oxygen atoms in total. The van der Waals surface area contributed by atoms with Crippen molar-refractivity contribution in [1.29, 1.82) is 0 Å². The van der Waals surface area contributed by atoms with Crippen LogP contribution in [0.4, 0.5) is 5.13 Å². The number of fused-ring (bicyclic) bond motifs is 1. The molecule has 0 bridgehead atoms. The zero-order valence-corrected chi connectivity index (χ0v) is 21.3. The smallest absolute Gasteiger partial charge is 0.301 e. The summed E-state index contributed by atoms with van der Waals surface area (Å²) in [6.45, 7) is 8.38. The first-order valence-corrected chi connectivity index (χ1v) is 12.6. The highest BCUT2D eigenvalue weighted by atomic mass is 32.1. The summed E-state index contributed by atoms with van der Waals surface area (Å²) in [6.07, 6.45) is 0.